The van der Waals surface area contributed by atoms with Gasteiger partial charge in [0.15, 0.2) is 0 Å². The van der Waals surface area contributed by atoms with Crippen LogP contribution in [0.25, 0.3) is 11.0 Å². The highest BCUT2D eigenvalue weighted by Gasteiger charge is 2.19. The minimum absolute atomic E-state index is 0.124. The maximum Gasteiger partial charge on any atom is 0.251 e. The van der Waals surface area contributed by atoms with Crippen molar-refractivity contribution in [3.05, 3.63) is 94.2 Å². The van der Waals surface area contributed by atoms with Crippen LogP contribution in [0.2, 0.25) is 0 Å². The van der Waals surface area contributed by atoms with Gasteiger partial charge < -0.3 is 14.6 Å². The molecule has 0 spiro atoms. The molecule has 1 unspecified atom stereocenters. The molecule has 0 fully saturated rings. The van der Waals surface area contributed by atoms with Crippen molar-refractivity contribution in [3.8, 4) is 5.75 Å². The number of aryl methyl sites for hydroxylation is 2. The van der Waals surface area contributed by atoms with Gasteiger partial charge in [0.25, 0.3) is 5.91 Å². The smallest absolute Gasteiger partial charge is 0.251 e. The molecule has 1 N–H and O–H groups in total. The van der Waals surface area contributed by atoms with Gasteiger partial charge in [-0.05, 0) is 67.8 Å². The molecule has 4 rings (SSSR count). The molecule has 0 radical (unpaired) electrons. The van der Waals surface area contributed by atoms with Gasteiger partial charge in [0.1, 0.15) is 11.6 Å². The molecule has 1 aromatic heterocycles. The molecule has 6 heteroatoms. The fourth-order valence-corrected chi connectivity index (χ4v) is 4.27. The molecule has 0 saturated carbocycles. The largest absolute Gasteiger partial charge is 0.494 e. The standard InChI is InChI=1S/C27H28BrN3O2/c1-3-20-12-14-23(15-13-20)33-17-7-16-31-25-11-5-4-10-24(25)30-26(31)19(2)29-27(32)21-8-6-9-22(28)18-21/h4-6,8-15,18-19H,3,7,16-17H2,1-2H3,(H,29,32). The Hall–Kier alpha value is -3.12. The van der Waals surface area contributed by atoms with Crippen LogP contribution in [0.1, 0.15) is 48.1 Å². The van der Waals surface area contributed by atoms with Crippen LogP contribution in [0, 0.1) is 0 Å². The van der Waals surface area contributed by atoms with Gasteiger partial charge in [0, 0.05) is 16.6 Å². The molecule has 5 nitrogen and oxygen atoms in total. The number of hydrogen-bond donors (Lipinski definition) is 1. The van der Waals surface area contributed by atoms with E-state index in [0.717, 1.165) is 46.5 Å². The molecule has 3 aromatic carbocycles. The van der Waals surface area contributed by atoms with Crippen molar-refractivity contribution in [1.29, 1.82) is 0 Å². The van der Waals surface area contributed by atoms with Crippen molar-refractivity contribution >= 4 is 32.9 Å². The summed E-state index contributed by atoms with van der Waals surface area (Å²) >= 11 is 3.43. The number of fused-ring (bicyclic) bond motifs is 1. The summed E-state index contributed by atoms with van der Waals surface area (Å²) in [6.45, 7) is 5.47. The van der Waals surface area contributed by atoms with Gasteiger partial charge >= 0.3 is 0 Å². The van der Waals surface area contributed by atoms with Crippen molar-refractivity contribution in [2.24, 2.45) is 0 Å². The van der Waals surface area contributed by atoms with Gasteiger partial charge in [0.2, 0.25) is 0 Å². The van der Waals surface area contributed by atoms with Crippen molar-refractivity contribution in [1.82, 2.24) is 14.9 Å². The lowest BCUT2D eigenvalue weighted by Gasteiger charge is -2.17. The molecule has 0 bridgehead atoms. The molecule has 0 aliphatic heterocycles. The lowest BCUT2D eigenvalue weighted by molar-refractivity contribution is 0.0937. The minimum Gasteiger partial charge on any atom is -0.494 e. The van der Waals surface area contributed by atoms with Crippen molar-refractivity contribution in [3.63, 3.8) is 0 Å². The first-order valence-electron chi connectivity index (χ1n) is 11.3. The second-order valence-electron chi connectivity index (χ2n) is 8.02. The summed E-state index contributed by atoms with van der Waals surface area (Å²) in [6, 6.07) is 23.5. The van der Waals surface area contributed by atoms with E-state index < -0.39 is 0 Å². The Morgan fingerprint density at radius 3 is 2.64 bits per heavy atom. The van der Waals surface area contributed by atoms with E-state index in [9.17, 15) is 4.79 Å². The monoisotopic (exact) mass is 505 g/mol. The van der Waals surface area contributed by atoms with Gasteiger partial charge in [-0.2, -0.15) is 0 Å². The van der Waals surface area contributed by atoms with Crippen LogP contribution in [0.4, 0.5) is 0 Å². The van der Waals surface area contributed by atoms with Gasteiger partial charge in [0.05, 0.1) is 23.7 Å². The maximum atomic E-state index is 12.8. The summed E-state index contributed by atoms with van der Waals surface area (Å²) in [7, 11) is 0. The van der Waals surface area contributed by atoms with Crippen LogP contribution >= 0.6 is 15.9 Å². The molecular formula is C27H28BrN3O2. The van der Waals surface area contributed by atoms with Crippen LogP contribution in [0.3, 0.4) is 0 Å². The summed E-state index contributed by atoms with van der Waals surface area (Å²) in [5.74, 6) is 1.60. The summed E-state index contributed by atoms with van der Waals surface area (Å²) in [5, 5.41) is 3.09. The van der Waals surface area contributed by atoms with Crippen LogP contribution < -0.4 is 10.1 Å². The van der Waals surface area contributed by atoms with Crippen LogP contribution in [0.5, 0.6) is 5.75 Å². The Bertz CT molecular complexity index is 1230. The number of hydrogen-bond acceptors (Lipinski definition) is 3. The molecule has 1 atom stereocenters. The average molecular weight is 506 g/mol. The second-order valence-corrected chi connectivity index (χ2v) is 8.93. The predicted molar refractivity (Wildman–Crippen MR) is 136 cm³/mol. The van der Waals surface area contributed by atoms with E-state index in [0.29, 0.717) is 12.2 Å². The number of para-hydroxylation sites is 2. The maximum absolute atomic E-state index is 12.8. The number of imidazole rings is 1. The molecule has 0 saturated heterocycles. The number of rotatable bonds is 9. The Kier molecular flexibility index (Phi) is 7.45. The zero-order valence-corrected chi connectivity index (χ0v) is 20.5. The molecule has 4 aromatic rings. The Morgan fingerprint density at radius 1 is 1.09 bits per heavy atom. The third kappa shape index (κ3) is 5.63. The molecule has 0 aliphatic carbocycles. The van der Waals surface area contributed by atoms with E-state index >= 15 is 0 Å². The third-order valence-corrected chi connectivity index (χ3v) is 6.13. The Labute approximate surface area is 202 Å². The fraction of sp³-hybridized carbons (Fsp3) is 0.259. The lowest BCUT2D eigenvalue weighted by atomic mass is 10.2. The van der Waals surface area contributed by atoms with Gasteiger partial charge in [-0.15, -0.1) is 0 Å². The minimum atomic E-state index is -0.244. The number of benzene rings is 3. The highest BCUT2D eigenvalue weighted by atomic mass is 79.9. The molecule has 1 heterocycles. The zero-order chi connectivity index (χ0) is 23.2. The Morgan fingerprint density at radius 2 is 1.88 bits per heavy atom. The van der Waals surface area contributed by atoms with Crippen molar-refractivity contribution in [2.75, 3.05) is 6.61 Å². The topological polar surface area (TPSA) is 56.1 Å². The molecule has 170 valence electrons. The van der Waals surface area contributed by atoms with Crippen LogP contribution in [-0.4, -0.2) is 22.1 Å². The normalized spacial score (nSPS) is 12.0. The second kappa shape index (κ2) is 10.7. The van der Waals surface area contributed by atoms with E-state index in [2.05, 4.69) is 50.9 Å². The SMILES string of the molecule is CCc1ccc(OCCCn2c(C(C)NC(=O)c3cccc(Br)c3)nc3ccccc32)cc1. The summed E-state index contributed by atoms with van der Waals surface area (Å²) in [5.41, 5.74) is 3.90. The Balaban J connectivity index is 1.46. The number of aromatic nitrogens is 2. The first kappa shape index (κ1) is 23.1. The van der Waals surface area contributed by atoms with E-state index in [1.165, 1.54) is 5.56 Å². The van der Waals surface area contributed by atoms with E-state index in [1.54, 1.807) is 6.07 Å². The number of nitrogens with one attached hydrogen (secondary N) is 1. The number of carbonyl (C=O) groups is 1. The lowest BCUT2D eigenvalue weighted by Crippen LogP contribution is -2.28. The van der Waals surface area contributed by atoms with E-state index in [4.69, 9.17) is 9.72 Å². The summed E-state index contributed by atoms with van der Waals surface area (Å²) in [6.07, 6.45) is 1.85. The molecule has 1 amide bonds. The van der Waals surface area contributed by atoms with Gasteiger partial charge in [-0.3, -0.25) is 4.79 Å². The van der Waals surface area contributed by atoms with Crippen molar-refractivity contribution in [2.45, 2.75) is 39.3 Å². The van der Waals surface area contributed by atoms with Gasteiger partial charge in [-0.1, -0.05) is 53.2 Å². The first-order valence-corrected chi connectivity index (χ1v) is 12.1. The summed E-state index contributed by atoms with van der Waals surface area (Å²) < 4.78 is 9.00. The number of carbonyl (C=O) groups excluding carboxylic acids is 1. The fourth-order valence-electron chi connectivity index (χ4n) is 3.87. The number of ether oxygens (including phenoxy) is 1. The third-order valence-electron chi connectivity index (χ3n) is 5.63. The first-order chi connectivity index (χ1) is 16.0. The average Bonchev–Trinajstić information content (AvgIpc) is 3.21. The number of amides is 1. The molecule has 33 heavy (non-hydrogen) atoms. The van der Waals surface area contributed by atoms with E-state index in [-0.39, 0.29) is 11.9 Å². The van der Waals surface area contributed by atoms with Crippen LogP contribution in [0.15, 0.2) is 77.3 Å². The quantitative estimate of drug-likeness (QED) is 0.270. The highest BCUT2D eigenvalue weighted by molar-refractivity contribution is 9.10. The van der Waals surface area contributed by atoms with Gasteiger partial charge in [-0.25, -0.2) is 4.98 Å². The molecular weight excluding hydrogens is 478 g/mol. The molecule has 0 aliphatic rings. The number of nitrogens with zero attached hydrogens (tertiary/aromatic N) is 2. The highest BCUT2D eigenvalue weighted by Crippen LogP contribution is 2.22. The van der Waals surface area contributed by atoms with Crippen molar-refractivity contribution < 1.29 is 9.53 Å². The van der Waals surface area contributed by atoms with E-state index in [1.807, 2.05) is 55.5 Å². The predicted octanol–water partition coefficient (Wildman–Crippen LogP) is 6.32. The number of halogens is 1. The van der Waals surface area contributed by atoms with Crippen LogP contribution in [-0.2, 0) is 13.0 Å². The summed E-state index contributed by atoms with van der Waals surface area (Å²) in [4.78, 5) is 17.6. The zero-order valence-electron chi connectivity index (χ0n) is 18.9.